The van der Waals surface area contributed by atoms with E-state index in [0.29, 0.717) is 5.82 Å². The zero-order chi connectivity index (χ0) is 13.0. The predicted octanol–water partition coefficient (Wildman–Crippen LogP) is 1.88. The Morgan fingerprint density at radius 3 is 2.72 bits per heavy atom. The lowest BCUT2D eigenvalue weighted by atomic mass is 9.83. The van der Waals surface area contributed by atoms with Crippen LogP contribution in [0, 0.1) is 16.0 Å². The smallest absolute Gasteiger partial charge is 0.276 e. The molecule has 1 fully saturated rings. The van der Waals surface area contributed by atoms with Gasteiger partial charge in [0.1, 0.15) is 11.6 Å². The number of pyridine rings is 1. The van der Waals surface area contributed by atoms with Gasteiger partial charge < -0.3 is 10.7 Å². The molecule has 18 heavy (non-hydrogen) atoms. The number of hydrogen-bond donors (Lipinski definition) is 3. The van der Waals surface area contributed by atoms with Crippen molar-refractivity contribution in [1.29, 1.82) is 0 Å². The molecule has 1 aromatic rings. The van der Waals surface area contributed by atoms with Crippen LogP contribution in [0.1, 0.15) is 25.7 Å². The first-order valence-electron chi connectivity index (χ1n) is 6.06. The average Bonchev–Trinajstić information content (AvgIpc) is 2.31. The van der Waals surface area contributed by atoms with Crippen LogP contribution in [-0.4, -0.2) is 16.5 Å². The molecule has 1 heterocycles. The van der Waals surface area contributed by atoms with Gasteiger partial charge in [0.25, 0.3) is 5.69 Å². The predicted molar refractivity (Wildman–Crippen MR) is 69.1 cm³/mol. The summed E-state index contributed by atoms with van der Waals surface area (Å²) < 4.78 is 0. The number of aromatic nitrogens is 1. The number of anilines is 2. The van der Waals surface area contributed by atoms with Gasteiger partial charge in [-0.15, -0.1) is 0 Å². The first-order chi connectivity index (χ1) is 8.69. The summed E-state index contributed by atoms with van der Waals surface area (Å²) in [6.07, 6.45) is 4.98. The van der Waals surface area contributed by atoms with Crippen LogP contribution < -0.4 is 16.6 Å². The second-order valence-electron chi connectivity index (χ2n) is 4.51. The summed E-state index contributed by atoms with van der Waals surface area (Å²) in [5.41, 5.74) is 2.30. The van der Waals surface area contributed by atoms with E-state index in [-0.39, 0.29) is 11.5 Å². The van der Waals surface area contributed by atoms with E-state index < -0.39 is 4.92 Å². The van der Waals surface area contributed by atoms with Crippen molar-refractivity contribution < 1.29 is 4.92 Å². The van der Waals surface area contributed by atoms with Crippen molar-refractivity contribution in [2.75, 3.05) is 17.3 Å². The van der Waals surface area contributed by atoms with Crippen LogP contribution >= 0.6 is 0 Å². The van der Waals surface area contributed by atoms with Gasteiger partial charge in [-0.05, 0) is 12.3 Å². The van der Waals surface area contributed by atoms with Crippen LogP contribution in [0.5, 0.6) is 0 Å². The molecule has 98 valence electrons. The van der Waals surface area contributed by atoms with Crippen molar-refractivity contribution in [2.45, 2.75) is 25.7 Å². The molecule has 1 aromatic heterocycles. The Hall–Kier alpha value is -1.89. The maximum atomic E-state index is 10.7. The van der Waals surface area contributed by atoms with Crippen molar-refractivity contribution in [1.82, 2.24) is 4.98 Å². The van der Waals surface area contributed by atoms with Gasteiger partial charge >= 0.3 is 0 Å². The lowest BCUT2D eigenvalue weighted by Gasteiger charge is -2.25. The third kappa shape index (κ3) is 3.07. The van der Waals surface area contributed by atoms with E-state index in [2.05, 4.69) is 15.7 Å². The van der Waals surface area contributed by atoms with Crippen molar-refractivity contribution >= 4 is 17.3 Å². The van der Waals surface area contributed by atoms with Gasteiger partial charge in [0.05, 0.1) is 17.1 Å². The van der Waals surface area contributed by atoms with E-state index in [1.807, 2.05) is 0 Å². The summed E-state index contributed by atoms with van der Waals surface area (Å²) in [6, 6.07) is 2.72. The standard InChI is InChI=1S/C11H17N5O2/c12-15-11-7-9(16(17)18)6-10(14-11)13-5-4-8-2-1-3-8/h6-8H,1-5,12H2,(H2,13,14,15). The highest BCUT2D eigenvalue weighted by Gasteiger charge is 2.17. The first kappa shape index (κ1) is 12.6. The van der Waals surface area contributed by atoms with Crippen LogP contribution in [0.4, 0.5) is 17.3 Å². The minimum absolute atomic E-state index is 0.0240. The average molecular weight is 251 g/mol. The SMILES string of the molecule is NNc1cc([N+](=O)[O-])cc(NCCC2CCC2)n1. The molecule has 1 saturated carbocycles. The van der Waals surface area contributed by atoms with E-state index in [1.165, 1.54) is 31.4 Å². The number of nitrogen functional groups attached to an aromatic ring is 1. The van der Waals surface area contributed by atoms with E-state index >= 15 is 0 Å². The molecule has 1 aliphatic rings. The number of hydrogen-bond acceptors (Lipinski definition) is 6. The molecular formula is C11H17N5O2. The topological polar surface area (TPSA) is 106 Å². The molecule has 0 amide bonds. The van der Waals surface area contributed by atoms with Gasteiger partial charge in [0.2, 0.25) is 0 Å². The molecule has 0 spiro atoms. The fourth-order valence-corrected chi connectivity index (χ4v) is 1.97. The van der Waals surface area contributed by atoms with Crippen LogP contribution in [0.15, 0.2) is 12.1 Å². The van der Waals surface area contributed by atoms with Crippen molar-refractivity contribution in [3.05, 3.63) is 22.2 Å². The van der Waals surface area contributed by atoms with E-state index in [0.717, 1.165) is 18.9 Å². The summed E-state index contributed by atoms with van der Waals surface area (Å²) in [6.45, 7) is 0.781. The molecule has 0 aliphatic heterocycles. The summed E-state index contributed by atoms with van der Waals surface area (Å²) in [5, 5.41) is 13.8. The number of nitrogens with zero attached hydrogens (tertiary/aromatic N) is 2. The maximum Gasteiger partial charge on any atom is 0.276 e. The number of hydrazine groups is 1. The molecule has 0 saturated heterocycles. The molecule has 0 aromatic carbocycles. The van der Waals surface area contributed by atoms with Crippen molar-refractivity contribution in [2.24, 2.45) is 11.8 Å². The highest BCUT2D eigenvalue weighted by Crippen LogP contribution is 2.29. The quantitative estimate of drug-likeness (QED) is 0.405. The van der Waals surface area contributed by atoms with Crippen molar-refractivity contribution in [3.63, 3.8) is 0 Å². The summed E-state index contributed by atoms with van der Waals surface area (Å²) in [4.78, 5) is 14.4. The number of nitrogens with one attached hydrogen (secondary N) is 2. The third-order valence-electron chi connectivity index (χ3n) is 3.25. The Bertz CT molecular complexity index is 433. The van der Waals surface area contributed by atoms with Gasteiger partial charge in [0, 0.05) is 6.54 Å². The Balaban J connectivity index is 1.96. The molecular weight excluding hydrogens is 234 g/mol. The molecule has 2 rings (SSSR count). The molecule has 4 N–H and O–H groups in total. The number of rotatable bonds is 6. The molecule has 0 atom stereocenters. The highest BCUT2D eigenvalue weighted by atomic mass is 16.6. The van der Waals surface area contributed by atoms with Crippen LogP contribution in [0.3, 0.4) is 0 Å². The van der Waals surface area contributed by atoms with Crippen LogP contribution in [0.25, 0.3) is 0 Å². The lowest BCUT2D eigenvalue weighted by molar-refractivity contribution is -0.384. The second kappa shape index (κ2) is 5.63. The Kier molecular flexibility index (Phi) is 3.93. The number of nitrogens with two attached hydrogens (primary N) is 1. The minimum Gasteiger partial charge on any atom is -0.370 e. The summed E-state index contributed by atoms with van der Waals surface area (Å²) in [7, 11) is 0. The molecule has 0 radical (unpaired) electrons. The molecule has 0 unspecified atom stereocenters. The van der Waals surface area contributed by atoms with E-state index in [9.17, 15) is 10.1 Å². The van der Waals surface area contributed by atoms with Gasteiger partial charge in [0.15, 0.2) is 0 Å². The zero-order valence-electron chi connectivity index (χ0n) is 10.1. The molecule has 7 nitrogen and oxygen atoms in total. The molecule has 7 heteroatoms. The Labute approximate surface area is 105 Å². The van der Waals surface area contributed by atoms with Crippen LogP contribution in [0.2, 0.25) is 0 Å². The molecule has 1 aliphatic carbocycles. The largest absolute Gasteiger partial charge is 0.370 e. The Morgan fingerprint density at radius 1 is 1.44 bits per heavy atom. The fraction of sp³-hybridized carbons (Fsp3) is 0.545. The van der Waals surface area contributed by atoms with Gasteiger partial charge in [-0.3, -0.25) is 10.1 Å². The molecule has 0 bridgehead atoms. The zero-order valence-corrected chi connectivity index (χ0v) is 10.1. The summed E-state index contributed by atoms with van der Waals surface area (Å²) in [5.74, 6) is 6.80. The van der Waals surface area contributed by atoms with Gasteiger partial charge in [-0.2, -0.15) is 0 Å². The summed E-state index contributed by atoms with van der Waals surface area (Å²) >= 11 is 0. The highest BCUT2D eigenvalue weighted by molar-refractivity contribution is 5.54. The van der Waals surface area contributed by atoms with Gasteiger partial charge in [-0.25, -0.2) is 10.8 Å². The Morgan fingerprint density at radius 2 is 2.17 bits per heavy atom. The van der Waals surface area contributed by atoms with Crippen LogP contribution in [-0.2, 0) is 0 Å². The third-order valence-corrected chi connectivity index (χ3v) is 3.25. The first-order valence-corrected chi connectivity index (χ1v) is 6.06. The van der Waals surface area contributed by atoms with Crippen molar-refractivity contribution in [3.8, 4) is 0 Å². The monoisotopic (exact) mass is 251 g/mol. The van der Waals surface area contributed by atoms with Gasteiger partial charge in [-0.1, -0.05) is 19.3 Å². The normalized spacial score (nSPS) is 14.9. The fourth-order valence-electron chi connectivity index (χ4n) is 1.97. The maximum absolute atomic E-state index is 10.7. The minimum atomic E-state index is -0.459. The lowest BCUT2D eigenvalue weighted by Crippen LogP contribution is -2.16. The number of nitro groups is 1. The van der Waals surface area contributed by atoms with E-state index in [4.69, 9.17) is 5.84 Å². The second-order valence-corrected chi connectivity index (χ2v) is 4.51. The van der Waals surface area contributed by atoms with E-state index in [1.54, 1.807) is 0 Å².